The zero-order chi connectivity index (χ0) is 52.8. The molecule has 0 N–H and O–H groups in total. The zero-order valence-electron chi connectivity index (χ0n) is 45.8. The van der Waals surface area contributed by atoms with Crippen molar-refractivity contribution in [2.24, 2.45) is 0 Å². The molecule has 7 heteroatoms. The van der Waals surface area contributed by atoms with Crippen LogP contribution in [0.3, 0.4) is 0 Å². The maximum absolute atomic E-state index is 10.5. The zero-order valence-corrected chi connectivity index (χ0v) is 38.1. The molecule has 0 amide bonds. The number of aromatic nitrogens is 4. The van der Waals surface area contributed by atoms with Crippen LogP contribution in [0.25, 0.3) is 72.3 Å². The minimum Gasteiger partial charge on any atom is -0.359 e. The summed E-state index contributed by atoms with van der Waals surface area (Å²) in [7, 11) is 0. The average molecular weight is 1040 g/mol. The van der Waals surface area contributed by atoms with Gasteiger partial charge in [-0.05, 0) is 74.6 Å². The van der Waals surface area contributed by atoms with Crippen LogP contribution in [0, 0.1) is 29.8 Å². The molecular weight excluding hydrogens is 988 g/mol. The summed E-state index contributed by atoms with van der Waals surface area (Å²) < 4.78 is 93.0. The van der Waals surface area contributed by atoms with E-state index in [1.165, 1.54) is 0 Å². The summed E-state index contributed by atoms with van der Waals surface area (Å²) in [5, 5.41) is 12.2. The quantitative estimate of drug-likeness (QED) is 0.113. The average Bonchev–Trinajstić information content (AvgIpc) is 3.99. The van der Waals surface area contributed by atoms with Gasteiger partial charge in [-0.2, -0.15) is 29.5 Å². The summed E-state index contributed by atoms with van der Waals surface area (Å²) >= 11 is 0. The third kappa shape index (κ3) is 7.38. The fraction of sp³-hybridized carbons (Fsp3) is 0.0678. The van der Waals surface area contributed by atoms with Crippen molar-refractivity contribution in [3.05, 3.63) is 230 Å². The van der Waals surface area contributed by atoms with Crippen molar-refractivity contribution in [2.75, 3.05) is 4.90 Å². The topological polar surface area (TPSA) is 53.7 Å². The van der Waals surface area contributed by atoms with Crippen molar-refractivity contribution < 1.29 is 39.3 Å². The Balaban J connectivity index is 0.00000657. The second kappa shape index (κ2) is 17.3. The molecule has 8 aromatic carbocycles. The van der Waals surface area contributed by atoms with Gasteiger partial charge in [0.25, 0.3) is 6.33 Å². The number of nitriles is 1. The summed E-state index contributed by atoms with van der Waals surface area (Å²) in [5.74, 6) is 0.643. The Morgan fingerprint density at radius 1 is 0.682 bits per heavy atom. The SMILES string of the molecule is [2H]c1c([2H])c([2H])c(-c2cccc(-c3c([2H])c([2H])c([2H])c([2H])c3[2H])c2-[n+]2[c-]n(-c3[c-]c(N(c4[c-]c5c(cc4)c4cccc(C#N)c4n5-c4cc(C(C)(C)C)ccn4)c4ccccc4)ccc3)c3ccccc32)c([2H])c1[2H].[Pt]. The molecule has 0 aliphatic heterocycles. The van der Waals surface area contributed by atoms with Crippen LogP contribution in [0.1, 0.15) is 45.6 Å². The third-order valence-electron chi connectivity index (χ3n) is 11.5. The Labute approximate surface area is 413 Å². The molecule has 6 nitrogen and oxygen atoms in total. The molecule has 11 rings (SSSR count). The monoisotopic (exact) mass is 1040 g/mol. The van der Waals surface area contributed by atoms with E-state index in [0.717, 1.165) is 22.0 Å². The van der Waals surface area contributed by atoms with Crippen molar-refractivity contribution in [2.45, 2.75) is 26.2 Å². The van der Waals surface area contributed by atoms with Gasteiger partial charge in [0.1, 0.15) is 11.9 Å². The molecule has 0 unspecified atom stereocenters. The van der Waals surface area contributed by atoms with Gasteiger partial charge in [-0.3, -0.25) is 4.57 Å². The third-order valence-corrected chi connectivity index (χ3v) is 11.5. The van der Waals surface area contributed by atoms with Crippen molar-refractivity contribution in [1.29, 1.82) is 5.26 Å². The molecule has 0 aliphatic rings. The van der Waals surface area contributed by atoms with Gasteiger partial charge in [0.2, 0.25) is 0 Å². The number of benzene rings is 8. The summed E-state index contributed by atoms with van der Waals surface area (Å²) in [6, 6.07) is 45.8. The molecule has 0 aliphatic carbocycles. The predicted octanol–water partition coefficient (Wildman–Crippen LogP) is 13.8. The first-order valence-corrected chi connectivity index (χ1v) is 21.0. The number of hydrogen-bond donors (Lipinski definition) is 0. The van der Waals surface area contributed by atoms with Crippen LogP contribution >= 0.6 is 0 Å². The number of nitrogens with zero attached hydrogens (tertiary/aromatic N) is 6. The Morgan fingerprint density at radius 2 is 1.35 bits per heavy atom. The van der Waals surface area contributed by atoms with E-state index in [9.17, 15) is 5.26 Å². The van der Waals surface area contributed by atoms with Gasteiger partial charge in [-0.15, -0.1) is 23.6 Å². The van der Waals surface area contributed by atoms with Crippen LogP contribution in [-0.2, 0) is 26.5 Å². The van der Waals surface area contributed by atoms with E-state index in [-0.39, 0.29) is 54.4 Å². The molecule has 0 bridgehead atoms. The fourth-order valence-corrected chi connectivity index (χ4v) is 8.49. The Morgan fingerprint density at radius 3 is 2.06 bits per heavy atom. The fourth-order valence-electron chi connectivity index (χ4n) is 8.49. The van der Waals surface area contributed by atoms with E-state index in [0.29, 0.717) is 50.5 Å². The minimum atomic E-state index is -0.580. The largest absolute Gasteiger partial charge is 0.359 e. The first-order chi connectivity index (χ1) is 36.0. The number of anilines is 3. The second-order valence-electron chi connectivity index (χ2n) is 16.5. The van der Waals surface area contributed by atoms with Crippen LogP contribution in [0.4, 0.5) is 17.1 Å². The maximum Gasteiger partial charge on any atom is 0.268 e. The Hall–Kier alpha value is -7.84. The summed E-state index contributed by atoms with van der Waals surface area (Å²) in [5.41, 5.74) is 6.65. The van der Waals surface area contributed by atoms with Crippen molar-refractivity contribution in [1.82, 2.24) is 14.1 Å². The van der Waals surface area contributed by atoms with Crippen LogP contribution in [0.15, 0.2) is 200 Å². The van der Waals surface area contributed by atoms with E-state index in [2.05, 4.69) is 51.4 Å². The second-order valence-corrected chi connectivity index (χ2v) is 16.5. The summed E-state index contributed by atoms with van der Waals surface area (Å²) in [6.45, 7) is 6.43. The van der Waals surface area contributed by atoms with Gasteiger partial charge in [-0.25, -0.2) is 4.98 Å². The molecule has 0 radical (unpaired) electrons. The van der Waals surface area contributed by atoms with E-state index in [1.807, 2.05) is 113 Å². The molecule has 320 valence electrons. The van der Waals surface area contributed by atoms with E-state index < -0.39 is 60.4 Å². The number of para-hydroxylation sites is 5. The number of fused-ring (bicyclic) bond motifs is 4. The molecule has 3 heterocycles. The van der Waals surface area contributed by atoms with Gasteiger partial charge >= 0.3 is 0 Å². The van der Waals surface area contributed by atoms with Crippen molar-refractivity contribution in [3.8, 4) is 45.5 Å². The normalized spacial score (nSPS) is 13.5. The van der Waals surface area contributed by atoms with Crippen molar-refractivity contribution >= 4 is 49.9 Å². The molecular formula is C59H42N6Pt-2. The van der Waals surface area contributed by atoms with E-state index >= 15 is 0 Å². The van der Waals surface area contributed by atoms with Gasteiger partial charge < -0.3 is 14.0 Å². The first-order valence-electron chi connectivity index (χ1n) is 26.0. The van der Waals surface area contributed by atoms with Gasteiger partial charge in [0.15, 0.2) is 0 Å². The number of imidazole rings is 1. The first kappa shape index (κ1) is 31.9. The summed E-state index contributed by atoms with van der Waals surface area (Å²) in [4.78, 5) is 6.89. The molecule has 0 atom stereocenters. The molecule has 0 fully saturated rings. The van der Waals surface area contributed by atoms with Crippen LogP contribution < -0.4 is 9.47 Å². The maximum atomic E-state index is 10.5. The molecule has 66 heavy (non-hydrogen) atoms. The molecule has 0 saturated heterocycles. The van der Waals surface area contributed by atoms with Gasteiger partial charge in [0.05, 0.1) is 41.5 Å². The van der Waals surface area contributed by atoms with Gasteiger partial charge in [-0.1, -0.05) is 171 Å². The van der Waals surface area contributed by atoms with E-state index in [4.69, 9.17) is 18.7 Å². The molecule has 0 spiro atoms. The van der Waals surface area contributed by atoms with Crippen LogP contribution in [0.2, 0.25) is 0 Å². The summed E-state index contributed by atoms with van der Waals surface area (Å²) in [6.07, 6.45) is 5.26. The molecule has 3 aromatic heterocycles. The minimum absolute atomic E-state index is 0. The number of pyridine rings is 1. The smallest absolute Gasteiger partial charge is 0.268 e. The van der Waals surface area contributed by atoms with E-state index in [1.54, 1.807) is 39.6 Å². The van der Waals surface area contributed by atoms with Crippen LogP contribution in [0.5, 0.6) is 0 Å². The standard InChI is InChI=1S/C59H42N6.Pt/c1-59(2,3)44-34-35-61-56(36-44)65-55-38-48(32-33-51(55)52-29-15-22-43(39-60)57(52)65)64(45-23-11-6-12-24-45)47-26-16-25-46(37-47)62-40-63(54-31-14-13-30-53(54)62)58-49(41-18-7-4-8-19-41)27-17-28-50(58)42-20-9-5-10-21-42;/h4-36H,1-3H3;/q-2;/i4D,5D,7D,8D,9D,10D,18D,19D,20D,21D;. The Kier molecular flexibility index (Phi) is 8.35. The number of hydrogen-bond acceptors (Lipinski definition) is 3. The molecule has 0 saturated carbocycles. The Bertz CT molecular complexity index is 4070. The predicted molar refractivity (Wildman–Crippen MR) is 262 cm³/mol. The molecule has 11 aromatic rings. The van der Waals surface area contributed by atoms with Crippen molar-refractivity contribution in [3.63, 3.8) is 0 Å². The number of rotatable bonds is 8. The van der Waals surface area contributed by atoms with Crippen LogP contribution in [-0.4, -0.2) is 14.1 Å². The van der Waals surface area contributed by atoms with Gasteiger partial charge in [0, 0.05) is 32.9 Å².